The van der Waals surface area contributed by atoms with E-state index in [0.29, 0.717) is 0 Å². The number of rotatable bonds is 1. The van der Waals surface area contributed by atoms with Gasteiger partial charge in [-0.2, -0.15) is 0 Å². The predicted octanol–water partition coefficient (Wildman–Crippen LogP) is 0.954. The van der Waals surface area contributed by atoms with E-state index in [1.165, 1.54) is 12.8 Å². The maximum atomic E-state index is 11.3. The third-order valence-electron chi connectivity index (χ3n) is 2.71. The first-order valence-electron chi connectivity index (χ1n) is 4.28. The smallest absolute Gasteiger partial charge is 0.317 e. The van der Waals surface area contributed by atoms with Crippen LogP contribution in [-0.2, 0) is 0 Å². The normalized spacial score (nSPS) is 28.1. The van der Waals surface area contributed by atoms with Crippen LogP contribution in [0.3, 0.4) is 0 Å². The zero-order valence-electron chi connectivity index (χ0n) is 6.89. The van der Waals surface area contributed by atoms with Gasteiger partial charge in [-0.1, -0.05) is 0 Å². The highest BCUT2D eigenvalue weighted by Gasteiger charge is 2.46. The van der Waals surface area contributed by atoms with Crippen LogP contribution in [0, 0.1) is 0 Å². The monoisotopic (exact) mass is 154 g/mol. The average Bonchev–Trinajstić information content (AvgIpc) is 2.70. The lowest BCUT2D eigenvalue weighted by Crippen LogP contribution is -2.51. The van der Waals surface area contributed by atoms with Crippen molar-refractivity contribution in [2.75, 3.05) is 13.1 Å². The molecule has 0 aromatic carbocycles. The first kappa shape index (κ1) is 6.95. The summed E-state index contributed by atoms with van der Waals surface area (Å²) in [6, 6.07) is 0.135. The molecule has 0 bridgehead atoms. The van der Waals surface area contributed by atoms with E-state index in [2.05, 4.69) is 12.2 Å². The summed E-state index contributed by atoms with van der Waals surface area (Å²) in [6.07, 6.45) is 3.46. The first-order valence-corrected chi connectivity index (χ1v) is 4.28. The Morgan fingerprint density at radius 3 is 2.82 bits per heavy atom. The third kappa shape index (κ3) is 1.08. The number of nitrogens with one attached hydrogen (secondary N) is 1. The summed E-state index contributed by atoms with van der Waals surface area (Å²) in [7, 11) is 0. The minimum atomic E-state index is 0.135. The maximum Gasteiger partial charge on any atom is 0.317 e. The third-order valence-corrected chi connectivity index (χ3v) is 2.71. The molecule has 62 valence electrons. The van der Waals surface area contributed by atoms with Crippen LogP contribution in [0.1, 0.15) is 26.2 Å². The van der Waals surface area contributed by atoms with E-state index in [-0.39, 0.29) is 11.6 Å². The van der Waals surface area contributed by atoms with Gasteiger partial charge in [0, 0.05) is 18.6 Å². The number of hydrogen-bond donors (Lipinski definition) is 1. The molecular weight excluding hydrogens is 140 g/mol. The standard InChI is InChI=1S/C8H14N2O/c1-8(3-4-8)10-6-2-5-9-7(10)11/h2-6H2,1H3,(H,9,11). The van der Waals surface area contributed by atoms with Crippen LogP contribution in [0.2, 0.25) is 0 Å². The van der Waals surface area contributed by atoms with Gasteiger partial charge in [0.25, 0.3) is 0 Å². The molecule has 3 nitrogen and oxygen atoms in total. The van der Waals surface area contributed by atoms with Gasteiger partial charge in [-0.05, 0) is 26.2 Å². The molecule has 3 heteroatoms. The van der Waals surface area contributed by atoms with Crippen molar-refractivity contribution in [2.45, 2.75) is 31.7 Å². The number of hydrogen-bond acceptors (Lipinski definition) is 1. The fourth-order valence-corrected chi connectivity index (χ4v) is 1.60. The molecule has 2 aliphatic rings. The average molecular weight is 154 g/mol. The van der Waals surface area contributed by atoms with Gasteiger partial charge in [-0.15, -0.1) is 0 Å². The molecule has 1 aliphatic carbocycles. The van der Waals surface area contributed by atoms with Crippen molar-refractivity contribution in [3.63, 3.8) is 0 Å². The molecule has 1 saturated heterocycles. The van der Waals surface area contributed by atoms with Crippen LogP contribution in [0.15, 0.2) is 0 Å². The van der Waals surface area contributed by atoms with Crippen molar-refractivity contribution in [3.05, 3.63) is 0 Å². The summed E-state index contributed by atoms with van der Waals surface area (Å²) >= 11 is 0. The lowest BCUT2D eigenvalue weighted by atomic mass is 10.2. The fraction of sp³-hybridized carbons (Fsp3) is 0.875. The molecule has 0 spiro atoms. The molecule has 0 atom stereocenters. The number of amides is 2. The summed E-state index contributed by atoms with van der Waals surface area (Å²) in [6.45, 7) is 3.96. The Morgan fingerprint density at radius 2 is 2.27 bits per heavy atom. The number of urea groups is 1. The molecule has 2 rings (SSSR count). The summed E-state index contributed by atoms with van der Waals surface area (Å²) in [4.78, 5) is 13.3. The van der Waals surface area contributed by atoms with Gasteiger partial charge in [0.05, 0.1) is 0 Å². The SMILES string of the molecule is CC1(N2CCCNC2=O)CC1. The Balaban J connectivity index is 2.05. The Hall–Kier alpha value is -0.730. The first-order chi connectivity index (χ1) is 5.22. The second-order valence-electron chi connectivity index (χ2n) is 3.73. The molecule has 2 fully saturated rings. The molecule has 0 aromatic rings. The van der Waals surface area contributed by atoms with Crippen LogP contribution < -0.4 is 5.32 Å². The zero-order valence-corrected chi connectivity index (χ0v) is 6.89. The zero-order chi connectivity index (χ0) is 7.90. The lowest BCUT2D eigenvalue weighted by molar-refractivity contribution is 0.158. The minimum absolute atomic E-state index is 0.135. The van der Waals surface area contributed by atoms with Gasteiger partial charge in [0.15, 0.2) is 0 Å². The summed E-state index contributed by atoms with van der Waals surface area (Å²) in [5.41, 5.74) is 0.213. The highest BCUT2D eigenvalue weighted by molar-refractivity contribution is 5.76. The van der Waals surface area contributed by atoms with Gasteiger partial charge in [-0.3, -0.25) is 0 Å². The Kier molecular flexibility index (Phi) is 1.34. The molecule has 1 heterocycles. The maximum absolute atomic E-state index is 11.3. The van der Waals surface area contributed by atoms with Crippen molar-refractivity contribution in [3.8, 4) is 0 Å². The van der Waals surface area contributed by atoms with E-state index in [1.54, 1.807) is 0 Å². The quantitative estimate of drug-likeness (QED) is 0.599. The number of carbonyl (C=O) groups excluding carboxylic acids is 1. The molecule has 0 radical (unpaired) electrons. The van der Waals surface area contributed by atoms with E-state index in [0.717, 1.165) is 19.5 Å². The van der Waals surface area contributed by atoms with Gasteiger partial charge in [0.2, 0.25) is 0 Å². The van der Waals surface area contributed by atoms with Crippen LogP contribution >= 0.6 is 0 Å². The van der Waals surface area contributed by atoms with E-state index in [4.69, 9.17) is 0 Å². The second-order valence-corrected chi connectivity index (χ2v) is 3.73. The Morgan fingerprint density at radius 1 is 1.55 bits per heavy atom. The predicted molar refractivity (Wildman–Crippen MR) is 42.4 cm³/mol. The van der Waals surface area contributed by atoms with E-state index >= 15 is 0 Å². The van der Waals surface area contributed by atoms with Gasteiger partial charge < -0.3 is 10.2 Å². The van der Waals surface area contributed by atoms with Crippen LogP contribution in [0.5, 0.6) is 0 Å². The number of nitrogens with zero attached hydrogens (tertiary/aromatic N) is 1. The summed E-state index contributed by atoms with van der Waals surface area (Å²) < 4.78 is 0. The van der Waals surface area contributed by atoms with Gasteiger partial charge >= 0.3 is 6.03 Å². The fourth-order valence-electron chi connectivity index (χ4n) is 1.60. The minimum Gasteiger partial charge on any atom is -0.338 e. The summed E-state index contributed by atoms with van der Waals surface area (Å²) in [5, 5.41) is 2.87. The molecule has 11 heavy (non-hydrogen) atoms. The Bertz CT molecular complexity index is 187. The topological polar surface area (TPSA) is 32.3 Å². The van der Waals surface area contributed by atoms with E-state index in [1.807, 2.05) is 4.90 Å². The highest BCUT2D eigenvalue weighted by atomic mass is 16.2. The van der Waals surface area contributed by atoms with Crippen molar-refractivity contribution < 1.29 is 4.79 Å². The number of carbonyl (C=O) groups is 1. The molecule has 1 N–H and O–H groups in total. The van der Waals surface area contributed by atoms with E-state index < -0.39 is 0 Å². The molecule has 1 saturated carbocycles. The second kappa shape index (κ2) is 2.13. The Labute approximate surface area is 66.8 Å². The van der Waals surface area contributed by atoms with Crippen molar-refractivity contribution in [1.29, 1.82) is 0 Å². The van der Waals surface area contributed by atoms with E-state index in [9.17, 15) is 4.79 Å². The van der Waals surface area contributed by atoms with Crippen molar-refractivity contribution in [1.82, 2.24) is 10.2 Å². The lowest BCUT2D eigenvalue weighted by Gasteiger charge is -2.32. The molecular formula is C8H14N2O. The van der Waals surface area contributed by atoms with Gasteiger partial charge in [-0.25, -0.2) is 4.79 Å². The van der Waals surface area contributed by atoms with Gasteiger partial charge in [0.1, 0.15) is 0 Å². The summed E-state index contributed by atoms with van der Waals surface area (Å²) in [5.74, 6) is 0. The van der Waals surface area contributed by atoms with Crippen LogP contribution in [0.4, 0.5) is 4.79 Å². The van der Waals surface area contributed by atoms with Crippen LogP contribution in [-0.4, -0.2) is 29.6 Å². The molecule has 0 aromatic heterocycles. The largest absolute Gasteiger partial charge is 0.338 e. The van der Waals surface area contributed by atoms with Crippen LogP contribution in [0.25, 0.3) is 0 Å². The molecule has 1 aliphatic heterocycles. The van der Waals surface area contributed by atoms with Crippen molar-refractivity contribution in [2.24, 2.45) is 0 Å². The van der Waals surface area contributed by atoms with Crippen molar-refractivity contribution >= 4 is 6.03 Å². The molecule has 2 amide bonds. The molecule has 0 unspecified atom stereocenters. The highest BCUT2D eigenvalue weighted by Crippen LogP contribution is 2.41.